The average Bonchev–Trinajstić information content (AvgIpc) is 3.38. The molecular formula is C21H25FN4S. The molecule has 1 aliphatic carbocycles. The quantitative estimate of drug-likeness (QED) is 0.595. The minimum absolute atomic E-state index is 0.128. The van der Waals surface area contributed by atoms with Gasteiger partial charge in [0, 0.05) is 47.2 Å². The molecule has 0 radical (unpaired) electrons. The maximum Gasteiger partial charge on any atom is 0.133 e. The third-order valence-electron chi connectivity index (χ3n) is 4.59. The van der Waals surface area contributed by atoms with Gasteiger partial charge in [0.25, 0.3) is 0 Å². The third kappa shape index (κ3) is 4.33. The molecule has 2 heterocycles. The number of halogens is 1. The molecule has 0 bridgehead atoms. The van der Waals surface area contributed by atoms with Crippen molar-refractivity contribution in [2.45, 2.75) is 52.0 Å². The van der Waals surface area contributed by atoms with Crippen LogP contribution in [0.5, 0.6) is 0 Å². The molecule has 4 rings (SSSR count). The Morgan fingerprint density at radius 2 is 2.11 bits per heavy atom. The minimum atomic E-state index is -0.245. The summed E-state index contributed by atoms with van der Waals surface area (Å²) in [5.74, 6) is -0.245. The molecule has 0 aliphatic heterocycles. The monoisotopic (exact) mass is 384 g/mol. The van der Waals surface area contributed by atoms with Crippen LogP contribution in [0.4, 0.5) is 4.39 Å². The Balaban J connectivity index is 1.75. The predicted octanol–water partition coefficient (Wildman–Crippen LogP) is 5.18. The highest BCUT2D eigenvalue weighted by Crippen LogP contribution is 2.34. The lowest BCUT2D eigenvalue weighted by atomic mass is 9.97. The summed E-state index contributed by atoms with van der Waals surface area (Å²) in [6.45, 7) is 8.26. The average molecular weight is 385 g/mol. The van der Waals surface area contributed by atoms with Gasteiger partial charge in [-0.3, -0.25) is 4.72 Å². The number of nitrogens with one attached hydrogen (secondary N) is 1. The third-order valence-corrected chi connectivity index (χ3v) is 5.71. The van der Waals surface area contributed by atoms with Crippen molar-refractivity contribution in [3.8, 4) is 11.3 Å². The fraction of sp³-hybridized carbons (Fsp3) is 0.429. The molecule has 1 aliphatic rings. The van der Waals surface area contributed by atoms with Crippen molar-refractivity contribution in [1.29, 1.82) is 0 Å². The predicted molar refractivity (Wildman–Crippen MR) is 110 cm³/mol. The highest BCUT2D eigenvalue weighted by Gasteiger charge is 2.22. The van der Waals surface area contributed by atoms with E-state index < -0.39 is 0 Å². The molecule has 0 unspecified atom stereocenters. The Bertz CT molecular complexity index is 942. The Labute approximate surface area is 163 Å². The van der Waals surface area contributed by atoms with Gasteiger partial charge in [0.15, 0.2) is 0 Å². The molecule has 3 aromatic rings. The number of benzene rings is 1. The summed E-state index contributed by atoms with van der Waals surface area (Å²) in [7, 11) is 0. The molecule has 1 saturated carbocycles. The van der Waals surface area contributed by atoms with E-state index in [1.165, 1.54) is 19.2 Å². The normalized spacial score (nSPS) is 14.8. The van der Waals surface area contributed by atoms with Gasteiger partial charge in [0.1, 0.15) is 12.1 Å². The summed E-state index contributed by atoms with van der Waals surface area (Å²) < 4.78 is 20.6. The number of rotatable bonds is 6. The summed E-state index contributed by atoms with van der Waals surface area (Å²) in [6, 6.07) is 5.33. The summed E-state index contributed by atoms with van der Waals surface area (Å²) in [6.07, 6.45) is 7.85. The topological polar surface area (TPSA) is 42.7 Å². The molecule has 0 saturated heterocycles. The number of aromatic nitrogens is 3. The van der Waals surface area contributed by atoms with Crippen molar-refractivity contribution in [1.82, 2.24) is 19.3 Å². The second-order valence-electron chi connectivity index (χ2n) is 8.43. The van der Waals surface area contributed by atoms with Gasteiger partial charge < -0.3 is 4.57 Å². The molecule has 1 N–H and O–H groups in total. The first-order valence-electron chi connectivity index (χ1n) is 9.37. The van der Waals surface area contributed by atoms with Crippen LogP contribution in [-0.2, 0) is 13.1 Å². The van der Waals surface area contributed by atoms with Crippen LogP contribution in [0, 0.1) is 11.2 Å². The molecule has 0 atom stereocenters. The van der Waals surface area contributed by atoms with Gasteiger partial charge in [-0.05, 0) is 42.0 Å². The molecule has 1 aromatic carbocycles. The first-order valence-corrected chi connectivity index (χ1v) is 10.2. The Morgan fingerprint density at radius 3 is 2.78 bits per heavy atom. The Kier molecular flexibility index (Phi) is 4.95. The van der Waals surface area contributed by atoms with Crippen LogP contribution in [0.3, 0.4) is 0 Å². The van der Waals surface area contributed by atoms with E-state index in [9.17, 15) is 4.39 Å². The maximum atomic E-state index is 14.9. The van der Waals surface area contributed by atoms with E-state index in [-0.39, 0.29) is 11.2 Å². The van der Waals surface area contributed by atoms with Gasteiger partial charge >= 0.3 is 0 Å². The number of nitrogens with zero attached hydrogens (tertiary/aromatic N) is 3. The highest BCUT2D eigenvalue weighted by molar-refractivity contribution is 7.98. The molecule has 6 heteroatoms. The van der Waals surface area contributed by atoms with Crippen molar-refractivity contribution in [3.63, 3.8) is 0 Å². The van der Waals surface area contributed by atoms with E-state index in [0.717, 1.165) is 34.8 Å². The summed E-state index contributed by atoms with van der Waals surface area (Å²) in [5.41, 5.74) is 3.44. The van der Waals surface area contributed by atoms with E-state index in [1.807, 2.05) is 6.07 Å². The van der Waals surface area contributed by atoms with E-state index in [2.05, 4.69) is 46.2 Å². The second kappa shape index (κ2) is 7.24. The van der Waals surface area contributed by atoms with Gasteiger partial charge in [-0.15, -0.1) is 0 Å². The van der Waals surface area contributed by atoms with Crippen LogP contribution >= 0.6 is 11.9 Å². The zero-order valence-corrected chi connectivity index (χ0v) is 16.8. The lowest BCUT2D eigenvalue weighted by molar-refractivity contribution is 0.349. The molecule has 1 fully saturated rings. The van der Waals surface area contributed by atoms with Crippen molar-refractivity contribution in [2.75, 3.05) is 0 Å². The zero-order chi connectivity index (χ0) is 19.0. The smallest absolute Gasteiger partial charge is 0.133 e. The van der Waals surface area contributed by atoms with Crippen molar-refractivity contribution < 1.29 is 4.39 Å². The Morgan fingerprint density at radius 1 is 1.30 bits per heavy atom. The molecule has 4 nitrogen and oxygen atoms in total. The van der Waals surface area contributed by atoms with E-state index >= 15 is 0 Å². The summed E-state index contributed by atoms with van der Waals surface area (Å²) >= 11 is 1.80. The van der Waals surface area contributed by atoms with E-state index in [0.29, 0.717) is 11.3 Å². The molecule has 2 aromatic heterocycles. The molecular weight excluding hydrogens is 359 g/mol. The molecule has 27 heavy (non-hydrogen) atoms. The van der Waals surface area contributed by atoms with Crippen LogP contribution in [0.1, 0.15) is 39.2 Å². The SMILES string of the molecule is CC(C)(C)Cn1cc(CNSC2CC2)c2cc(F)c(-c3ccncn3)cc21. The first-order chi connectivity index (χ1) is 12.9. The number of hydrogen-bond donors (Lipinski definition) is 1. The fourth-order valence-electron chi connectivity index (χ4n) is 3.24. The van der Waals surface area contributed by atoms with Crippen molar-refractivity contribution in [2.24, 2.45) is 5.41 Å². The van der Waals surface area contributed by atoms with E-state index in [1.54, 1.807) is 30.3 Å². The van der Waals surface area contributed by atoms with Crippen LogP contribution in [0.25, 0.3) is 22.2 Å². The fourth-order valence-corrected chi connectivity index (χ4v) is 4.08. The number of hydrogen-bond acceptors (Lipinski definition) is 4. The Hall–Kier alpha value is -1.92. The molecule has 0 spiro atoms. The van der Waals surface area contributed by atoms with Crippen LogP contribution in [0.15, 0.2) is 36.9 Å². The summed E-state index contributed by atoms with van der Waals surface area (Å²) in [4.78, 5) is 8.16. The largest absolute Gasteiger partial charge is 0.347 e. The first kappa shape index (κ1) is 18.4. The van der Waals surface area contributed by atoms with Crippen LogP contribution < -0.4 is 4.72 Å². The summed E-state index contributed by atoms with van der Waals surface area (Å²) in [5, 5.41) is 1.72. The second-order valence-corrected chi connectivity index (χ2v) is 9.62. The van der Waals surface area contributed by atoms with Crippen LogP contribution in [0.2, 0.25) is 0 Å². The van der Waals surface area contributed by atoms with Crippen LogP contribution in [-0.4, -0.2) is 19.8 Å². The van der Waals surface area contributed by atoms with Crippen molar-refractivity contribution >= 4 is 22.9 Å². The van der Waals surface area contributed by atoms with Gasteiger partial charge in [-0.25, -0.2) is 14.4 Å². The van der Waals surface area contributed by atoms with Gasteiger partial charge in [0.05, 0.1) is 5.69 Å². The molecule has 0 amide bonds. The lowest BCUT2D eigenvalue weighted by Crippen LogP contribution is -2.14. The maximum absolute atomic E-state index is 14.9. The highest BCUT2D eigenvalue weighted by atomic mass is 32.2. The van der Waals surface area contributed by atoms with Gasteiger partial charge in [-0.2, -0.15) is 0 Å². The van der Waals surface area contributed by atoms with Gasteiger partial charge in [0.2, 0.25) is 0 Å². The minimum Gasteiger partial charge on any atom is -0.347 e. The molecule has 142 valence electrons. The number of fused-ring (bicyclic) bond motifs is 1. The van der Waals surface area contributed by atoms with Crippen molar-refractivity contribution in [3.05, 3.63) is 48.3 Å². The standard InChI is InChI=1S/C21H25FN4S/c1-21(2,3)12-26-11-14(10-25-27-15-4-5-15)16-8-18(22)17(9-20(16)26)19-6-7-23-13-24-19/h6-9,11,13,15,25H,4-5,10,12H2,1-3H3. The zero-order valence-electron chi connectivity index (χ0n) is 16.0. The lowest BCUT2D eigenvalue weighted by Gasteiger charge is -2.20. The van der Waals surface area contributed by atoms with Gasteiger partial charge in [-0.1, -0.05) is 32.7 Å². The van der Waals surface area contributed by atoms with E-state index in [4.69, 9.17) is 0 Å².